The van der Waals surface area contributed by atoms with Crippen molar-refractivity contribution in [1.29, 1.82) is 0 Å². The van der Waals surface area contributed by atoms with Crippen LogP contribution in [0.4, 0.5) is 5.82 Å². The minimum Gasteiger partial charge on any atom is -0.497 e. The van der Waals surface area contributed by atoms with Gasteiger partial charge in [-0.15, -0.1) is 0 Å². The summed E-state index contributed by atoms with van der Waals surface area (Å²) in [5, 5.41) is 5.79. The SMILES string of the molecule is COc1ccc2ccnc(NC3CC(N)C3(C)C)c2c1. The second-order valence-electron chi connectivity index (χ2n) is 6.11. The third kappa shape index (κ3) is 2.00. The first-order valence-corrected chi connectivity index (χ1v) is 6.97. The van der Waals surface area contributed by atoms with Crippen molar-refractivity contribution in [3.8, 4) is 5.75 Å². The van der Waals surface area contributed by atoms with Gasteiger partial charge in [-0.2, -0.15) is 0 Å². The van der Waals surface area contributed by atoms with E-state index in [0.717, 1.165) is 28.8 Å². The third-order valence-corrected chi connectivity index (χ3v) is 4.63. The predicted molar refractivity (Wildman–Crippen MR) is 82.1 cm³/mol. The molecule has 4 nitrogen and oxygen atoms in total. The largest absolute Gasteiger partial charge is 0.497 e. The number of fused-ring (bicyclic) bond motifs is 1. The van der Waals surface area contributed by atoms with Crippen LogP contribution in [0.1, 0.15) is 20.3 Å². The number of nitrogens with two attached hydrogens (primary N) is 1. The van der Waals surface area contributed by atoms with Crippen LogP contribution in [0.2, 0.25) is 0 Å². The van der Waals surface area contributed by atoms with Crippen LogP contribution in [0, 0.1) is 5.41 Å². The minimum atomic E-state index is 0.0999. The van der Waals surface area contributed by atoms with Gasteiger partial charge in [0.15, 0.2) is 0 Å². The highest BCUT2D eigenvalue weighted by atomic mass is 16.5. The normalized spacial score (nSPS) is 24.2. The van der Waals surface area contributed by atoms with Gasteiger partial charge in [0, 0.05) is 29.1 Å². The van der Waals surface area contributed by atoms with Gasteiger partial charge in [0.05, 0.1) is 7.11 Å². The molecule has 2 atom stereocenters. The van der Waals surface area contributed by atoms with E-state index in [0.29, 0.717) is 6.04 Å². The molecule has 106 valence electrons. The number of anilines is 1. The zero-order chi connectivity index (χ0) is 14.3. The molecule has 3 rings (SSSR count). The topological polar surface area (TPSA) is 60.2 Å². The maximum absolute atomic E-state index is 6.08. The number of benzene rings is 1. The Morgan fingerprint density at radius 2 is 2.15 bits per heavy atom. The second kappa shape index (κ2) is 4.63. The van der Waals surface area contributed by atoms with Crippen molar-refractivity contribution < 1.29 is 4.74 Å². The number of nitrogens with one attached hydrogen (secondary N) is 1. The number of aromatic nitrogens is 1. The number of hydrogen-bond acceptors (Lipinski definition) is 4. The highest BCUT2D eigenvalue weighted by Gasteiger charge is 2.46. The van der Waals surface area contributed by atoms with Gasteiger partial charge in [-0.25, -0.2) is 4.98 Å². The zero-order valence-electron chi connectivity index (χ0n) is 12.2. The van der Waals surface area contributed by atoms with Gasteiger partial charge in [-0.3, -0.25) is 0 Å². The summed E-state index contributed by atoms with van der Waals surface area (Å²) in [6.45, 7) is 4.40. The Labute approximate surface area is 119 Å². The molecule has 1 aromatic carbocycles. The molecule has 0 amide bonds. The van der Waals surface area contributed by atoms with Crippen LogP contribution in [0.15, 0.2) is 30.5 Å². The molecule has 2 unspecified atom stereocenters. The van der Waals surface area contributed by atoms with Crippen molar-refractivity contribution in [2.75, 3.05) is 12.4 Å². The lowest BCUT2D eigenvalue weighted by Gasteiger charge is -2.50. The second-order valence-corrected chi connectivity index (χ2v) is 6.11. The first-order chi connectivity index (χ1) is 9.52. The Morgan fingerprint density at radius 1 is 1.35 bits per heavy atom. The fourth-order valence-corrected chi connectivity index (χ4v) is 2.76. The smallest absolute Gasteiger partial charge is 0.134 e. The molecule has 0 bridgehead atoms. The summed E-state index contributed by atoms with van der Waals surface area (Å²) in [7, 11) is 1.68. The van der Waals surface area contributed by atoms with Crippen LogP contribution in [-0.4, -0.2) is 24.2 Å². The lowest BCUT2D eigenvalue weighted by atomic mass is 9.63. The average Bonchev–Trinajstić information content (AvgIpc) is 2.46. The Bertz CT molecular complexity index is 639. The summed E-state index contributed by atoms with van der Waals surface area (Å²) in [5.41, 5.74) is 6.18. The molecule has 1 aliphatic rings. The van der Waals surface area contributed by atoms with Crippen LogP contribution < -0.4 is 15.8 Å². The van der Waals surface area contributed by atoms with E-state index in [1.54, 1.807) is 7.11 Å². The number of nitrogens with zero attached hydrogens (tertiary/aromatic N) is 1. The Hall–Kier alpha value is -1.81. The van der Waals surface area contributed by atoms with E-state index < -0.39 is 0 Å². The maximum atomic E-state index is 6.08. The van der Waals surface area contributed by atoms with E-state index in [9.17, 15) is 0 Å². The lowest BCUT2D eigenvalue weighted by molar-refractivity contribution is 0.117. The van der Waals surface area contributed by atoms with E-state index in [2.05, 4.69) is 30.2 Å². The van der Waals surface area contributed by atoms with Gasteiger partial charge >= 0.3 is 0 Å². The van der Waals surface area contributed by atoms with Gasteiger partial charge in [-0.1, -0.05) is 19.9 Å². The fraction of sp³-hybridized carbons (Fsp3) is 0.438. The molecule has 0 spiro atoms. The van der Waals surface area contributed by atoms with E-state index in [1.807, 2.05) is 24.4 Å². The van der Waals surface area contributed by atoms with Crippen LogP contribution >= 0.6 is 0 Å². The van der Waals surface area contributed by atoms with Crippen molar-refractivity contribution in [2.24, 2.45) is 11.1 Å². The lowest BCUT2D eigenvalue weighted by Crippen LogP contribution is -2.61. The van der Waals surface area contributed by atoms with Crippen molar-refractivity contribution in [1.82, 2.24) is 4.98 Å². The number of rotatable bonds is 3. The van der Waals surface area contributed by atoms with Gasteiger partial charge in [0.25, 0.3) is 0 Å². The highest BCUT2D eigenvalue weighted by Crippen LogP contribution is 2.41. The van der Waals surface area contributed by atoms with Crippen molar-refractivity contribution in [2.45, 2.75) is 32.4 Å². The molecule has 0 saturated heterocycles. The number of pyridine rings is 1. The fourth-order valence-electron chi connectivity index (χ4n) is 2.76. The molecule has 1 saturated carbocycles. The molecular weight excluding hydrogens is 250 g/mol. The molecular formula is C16H21N3O. The van der Waals surface area contributed by atoms with E-state index in [4.69, 9.17) is 10.5 Å². The molecule has 4 heteroatoms. The van der Waals surface area contributed by atoms with Crippen molar-refractivity contribution in [3.63, 3.8) is 0 Å². The summed E-state index contributed by atoms with van der Waals surface area (Å²) in [6.07, 6.45) is 2.82. The van der Waals surface area contributed by atoms with Crippen LogP contribution in [0.3, 0.4) is 0 Å². The standard InChI is InChI=1S/C16H21N3O/c1-16(2)13(17)9-14(16)19-15-12-8-11(20-3)5-4-10(12)6-7-18-15/h4-8,13-14H,9,17H2,1-3H3,(H,18,19). The Kier molecular flexibility index (Phi) is 3.05. The van der Waals surface area contributed by atoms with Crippen molar-refractivity contribution in [3.05, 3.63) is 30.5 Å². The number of hydrogen-bond donors (Lipinski definition) is 2. The van der Waals surface area contributed by atoms with Gasteiger partial charge in [-0.05, 0) is 30.0 Å². The first kappa shape index (κ1) is 13.2. The van der Waals surface area contributed by atoms with Crippen molar-refractivity contribution >= 4 is 16.6 Å². The summed E-state index contributed by atoms with van der Waals surface area (Å²) < 4.78 is 5.31. The molecule has 2 aromatic rings. The summed E-state index contributed by atoms with van der Waals surface area (Å²) >= 11 is 0. The quantitative estimate of drug-likeness (QED) is 0.901. The van der Waals surface area contributed by atoms with E-state index >= 15 is 0 Å². The Balaban J connectivity index is 1.95. The molecule has 3 N–H and O–H groups in total. The highest BCUT2D eigenvalue weighted by molar-refractivity contribution is 5.92. The number of ether oxygens (including phenoxy) is 1. The summed E-state index contributed by atoms with van der Waals surface area (Å²) in [6, 6.07) is 8.67. The maximum Gasteiger partial charge on any atom is 0.134 e. The van der Waals surface area contributed by atoms with Crippen LogP contribution in [-0.2, 0) is 0 Å². The van der Waals surface area contributed by atoms with E-state index in [-0.39, 0.29) is 11.5 Å². The molecule has 1 aromatic heterocycles. The van der Waals surface area contributed by atoms with E-state index in [1.165, 1.54) is 0 Å². The zero-order valence-corrected chi connectivity index (χ0v) is 12.2. The molecule has 1 aliphatic carbocycles. The molecule has 0 aliphatic heterocycles. The van der Waals surface area contributed by atoms with Gasteiger partial charge in [0.1, 0.15) is 11.6 Å². The van der Waals surface area contributed by atoms with Gasteiger partial charge < -0.3 is 15.8 Å². The first-order valence-electron chi connectivity index (χ1n) is 6.97. The van der Waals surface area contributed by atoms with Crippen LogP contribution in [0.25, 0.3) is 10.8 Å². The van der Waals surface area contributed by atoms with Crippen LogP contribution in [0.5, 0.6) is 5.75 Å². The average molecular weight is 271 g/mol. The molecule has 1 fully saturated rings. The Morgan fingerprint density at radius 3 is 2.80 bits per heavy atom. The molecule has 20 heavy (non-hydrogen) atoms. The third-order valence-electron chi connectivity index (χ3n) is 4.63. The minimum absolute atomic E-state index is 0.0999. The summed E-state index contributed by atoms with van der Waals surface area (Å²) in [4.78, 5) is 4.49. The molecule has 1 heterocycles. The monoisotopic (exact) mass is 271 g/mol. The predicted octanol–water partition coefficient (Wildman–Crippen LogP) is 2.78. The number of methoxy groups -OCH3 is 1. The molecule has 0 radical (unpaired) electrons. The van der Waals surface area contributed by atoms with Gasteiger partial charge in [0.2, 0.25) is 0 Å². The summed E-state index contributed by atoms with van der Waals surface area (Å²) in [5.74, 6) is 1.75.